The zero-order chi connectivity index (χ0) is 12.2. The number of hydrogen-bond acceptors (Lipinski definition) is 5. The van der Waals surface area contributed by atoms with Crippen LogP contribution in [-0.4, -0.2) is 27.9 Å². The first-order chi connectivity index (χ1) is 7.40. The van der Waals surface area contributed by atoms with Gasteiger partial charge < -0.3 is 4.74 Å². The number of aromatic nitrogens is 2. The van der Waals surface area contributed by atoms with Gasteiger partial charge in [-0.3, -0.25) is 10.1 Å². The molecule has 0 atom stereocenters. The molecule has 1 aromatic heterocycles. The second-order valence-electron chi connectivity index (χ2n) is 4.07. The van der Waals surface area contributed by atoms with Crippen LogP contribution in [0.2, 0.25) is 0 Å². The van der Waals surface area contributed by atoms with Gasteiger partial charge >= 0.3 is 6.09 Å². The van der Waals surface area contributed by atoms with Crippen LogP contribution in [0.15, 0.2) is 12.4 Å². The Hall–Kier alpha value is -1.98. The van der Waals surface area contributed by atoms with E-state index in [2.05, 4.69) is 15.3 Å². The standard InChI is InChI=1S/C10H13N3O3/c1-10(2,3)16-9(15)13-7-4-11-8(6-14)12-5-7/h4-6H,1-3H3,(H,13,15). The normalized spacial score (nSPS) is 10.7. The average molecular weight is 223 g/mol. The number of ether oxygens (including phenoxy) is 1. The highest BCUT2D eigenvalue weighted by Gasteiger charge is 2.16. The summed E-state index contributed by atoms with van der Waals surface area (Å²) in [4.78, 5) is 29.0. The van der Waals surface area contributed by atoms with Crippen molar-refractivity contribution in [1.29, 1.82) is 0 Å². The lowest BCUT2D eigenvalue weighted by molar-refractivity contribution is 0.0635. The maximum Gasteiger partial charge on any atom is 0.412 e. The summed E-state index contributed by atoms with van der Waals surface area (Å²) in [6, 6.07) is 0. The van der Waals surface area contributed by atoms with E-state index in [1.807, 2.05) is 0 Å². The molecule has 1 rings (SSSR count). The van der Waals surface area contributed by atoms with Gasteiger partial charge in [0.2, 0.25) is 0 Å². The Bertz CT molecular complexity index is 381. The van der Waals surface area contributed by atoms with Crippen molar-refractivity contribution in [3.8, 4) is 0 Å². The number of rotatable bonds is 2. The van der Waals surface area contributed by atoms with Crippen LogP contribution in [0, 0.1) is 0 Å². The topological polar surface area (TPSA) is 81.2 Å². The zero-order valence-corrected chi connectivity index (χ0v) is 9.35. The third-order valence-corrected chi connectivity index (χ3v) is 1.42. The quantitative estimate of drug-likeness (QED) is 0.771. The first-order valence-electron chi connectivity index (χ1n) is 4.68. The molecule has 0 aliphatic carbocycles. The molecule has 0 aliphatic rings. The van der Waals surface area contributed by atoms with E-state index in [1.54, 1.807) is 20.8 Å². The van der Waals surface area contributed by atoms with Crippen LogP contribution in [0.5, 0.6) is 0 Å². The highest BCUT2D eigenvalue weighted by atomic mass is 16.6. The van der Waals surface area contributed by atoms with Crippen molar-refractivity contribution < 1.29 is 14.3 Å². The van der Waals surface area contributed by atoms with Gasteiger partial charge in [0.1, 0.15) is 5.60 Å². The van der Waals surface area contributed by atoms with Crippen LogP contribution < -0.4 is 5.32 Å². The Kier molecular flexibility index (Phi) is 3.55. The second-order valence-corrected chi connectivity index (χ2v) is 4.07. The molecule has 86 valence electrons. The van der Waals surface area contributed by atoms with Crippen LogP contribution in [0.1, 0.15) is 31.4 Å². The lowest BCUT2D eigenvalue weighted by atomic mass is 10.2. The minimum atomic E-state index is -0.588. The Balaban J connectivity index is 2.59. The average Bonchev–Trinajstić information content (AvgIpc) is 2.16. The lowest BCUT2D eigenvalue weighted by Crippen LogP contribution is -2.27. The van der Waals surface area contributed by atoms with E-state index in [-0.39, 0.29) is 5.82 Å². The SMILES string of the molecule is CC(C)(C)OC(=O)Nc1cnc(C=O)nc1. The first-order valence-corrected chi connectivity index (χ1v) is 4.68. The number of aldehydes is 1. The Morgan fingerprint density at radius 2 is 1.94 bits per heavy atom. The van der Waals surface area contributed by atoms with E-state index in [9.17, 15) is 9.59 Å². The number of nitrogens with zero attached hydrogens (tertiary/aromatic N) is 2. The maximum atomic E-state index is 11.3. The minimum Gasteiger partial charge on any atom is -0.444 e. The van der Waals surface area contributed by atoms with Crippen LogP contribution in [0.4, 0.5) is 10.5 Å². The van der Waals surface area contributed by atoms with Crippen molar-refractivity contribution in [2.75, 3.05) is 5.32 Å². The fourth-order valence-electron chi connectivity index (χ4n) is 0.885. The predicted molar refractivity (Wildman–Crippen MR) is 57.3 cm³/mol. The van der Waals surface area contributed by atoms with Crippen LogP contribution in [0.3, 0.4) is 0 Å². The summed E-state index contributed by atoms with van der Waals surface area (Å²) in [7, 11) is 0. The van der Waals surface area contributed by atoms with Crippen molar-refractivity contribution in [2.45, 2.75) is 26.4 Å². The van der Waals surface area contributed by atoms with Gasteiger partial charge in [-0.25, -0.2) is 14.8 Å². The minimum absolute atomic E-state index is 0.0646. The Morgan fingerprint density at radius 1 is 1.38 bits per heavy atom. The number of anilines is 1. The number of carbonyl (C=O) groups excluding carboxylic acids is 2. The van der Waals surface area contributed by atoms with Crippen LogP contribution in [-0.2, 0) is 4.74 Å². The summed E-state index contributed by atoms with van der Waals surface area (Å²) in [5, 5.41) is 2.45. The lowest BCUT2D eigenvalue weighted by Gasteiger charge is -2.19. The van der Waals surface area contributed by atoms with Crippen LogP contribution >= 0.6 is 0 Å². The molecule has 0 spiro atoms. The van der Waals surface area contributed by atoms with Gasteiger partial charge in [-0.2, -0.15) is 0 Å². The molecule has 0 bridgehead atoms. The van der Waals surface area contributed by atoms with E-state index >= 15 is 0 Å². The Morgan fingerprint density at radius 3 is 2.38 bits per heavy atom. The molecule has 1 amide bonds. The Labute approximate surface area is 93.0 Å². The van der Waals surface area contributed by atoms with Gasteiger partial charge in [-0.15, -0.1) is 0 Å². The van der Waals surface area contributed by atoms with E-state index in [0.717, 1.165) is 0 Å². The van der Waals surface area contributed by atoms with Crippen molar-refractivity contribution in [2.24, 2.45) is 0 Å². The molecule has 6 nitrogen and oxygen atoms in total. The molecule has 1 aromatic rings. The van der Waals surface area contributed by atoms with E-state index in [1.165, 1.54) is 12.4 Å². The van der Waals surface area contributed by atoms with Gasteiger partial charge in [0.25, 0.3) is 0 Å². The van der Waals surface area contributed by atoms with Crippen molar-refractivity contribution in [1.82, 2.24) is 9.97 Å². The van der Waals surface area contributed by atoms with E-state index < -0.39 is 11.7 Å². The third-order valence-electron chi connectivity index (χ3n) is 1.42. The molecule has 1 heterocycles. The molecule has 0 radical (unpaired) electrons. The van der Waals surface area contributed by atoms with Crippen molar-refractivity contribution >= 4 is 18.1 Å². The molecule has 0 saturated heterocycles. The molecule has 1 N–H and O–H groups in total. The molecular weight excluding hydrogens is 210 g/mol. The summed E-state index contributed by atoms with van der Waals surface area (Å²) in [5.41, 5.74) is -0.187. The summed E-state index contributed by atoms with van der Waals surface area (Å²) >= 11 is 0. The first kappa shape index (κ1) is 12.1. The van der Waals surface area contributed by atoms with Crippen LogP contribution in [0.25, 0.3) is 0 Å². The summed E-state index contributed by atoms with van der Waals surface area (Å²) in [6.45, 7) is 5.29. The van der Waals surface area contributed by atoms with Gasteiger partial charge in [0.05, 0.1) is 18.1 Å². The molecule has 0 unspecified atom stereocenters. The van der Waals surface area contributed by atoms with Crippen molar-refractivity contribution in [3.05, 3.63) is 18.2 Å². The number of carbonyl (C=O) groups is 2. The van der Waals surface area contributed by atoms with Gasteiger partial charge in [-0.05, 0) is 20.8 Å². The third kappa shape index (κ3) is 4.04. The predicted octanol–water partition coefficient (Wildman–Crippen LogP) is 1.64. The van der Waals surface area contributed by atoms with Gasteiger partial charge in [-0.1, -0.05) is 0 Å². The zero-order valence-electron chi connectivity index (χ0n) is 9.35. The smallest absolute Gasteiger partial charge is 0.412 e. The summed E-state index contributed by atoms with van der Waals surface area (Å²) < 4.78 is 5.02. The number of hydrogen-bond donors (Lipinski definition) is 1. The molecule has 6 heteroatoms. The monoisotopic (exact) mass is 223 g/mol. The highest BCUT2D eigenvalue weighted by molar-refractivity contribution is 5.84. The van der Waals surface area contributed by atoms with E-state index in [0.29, 0.717) is 12.0 Å². The van der Waals surface area contributed by atoms with Gasteiger partial charge in [0.15, 0.2) is 12.1 Å². The fourth-order valence-corrected chi connectivity index (χ4v) is 0.885. The number of amides is 1. The van der Waals surface area contributed by atoms with Gasteiger partial charge in [0, 0.05) is 0 Å². The summed E-state index contributed by atoms with van der Waals surface area (Å²) in [5.74, 6) is 0.0646. The fraction of sp³-hybridized carbons (Fsp3) is 0.400. The molecular formula is C10H13N3O3. The highest BCUT2D eigenvalue weighted by Crippen LogP contribution is 2.09. The largest absolute Gasteiger partial charge is 0.444 e. The number of nitrogens with one attached hydrogen (secondary N) is 1. The maximum absolute atomic E-state index is 11.3. The molecule has 0 fully saturated rings. The molecule has 0 saturated carbocycles. The molecule has 0 aliphatic heterocycles. The molecule has 0 aromatic carbocycles. The summed E-state index contributed by atoms with van der Waals surface area (Å²) in [6.07, 6.45) is 2.61. The van der Waals surface area contributed by atoms with E-state index in [4.69, 9.17) is 4.74 Å². The second kappa shape index (κ2) is 4.69. The van der Waals surface area contributed by atoms with Crippen molar-refractivity contribution in [3.63, 3.8) is 0 Å². The molecule has 16 heavy (non-hydrogen) atoms.